The Bertz CT molecular complexity index is 985. The number of rotatable bonds is 3. The van der Waals surface area contributed by atoms with Gasteiger partial charge >= 0.3 is 0 Å². The highest BCUT2D eigenvalue weighted by Gasteiger charge is 2.10. The zero-order valence-corrected chi connectivity index (χ0v) is 12.9. The van der Waals surface area contributed by atoms with Crippen molar-refractivity contribution in [2.45, 2.75) is 6.42 Å². The van der Waals surface area contributed by atoms with Gasteiger partial charge in [0.2, 0.25) is 0 Å². The molecule has 0 saturated heterocycles. The van der Waals surface area contributed by atoms with Crippen molar-refractivity contribution in [2.24, 2.45) is 0 Å². The van der Waals surface area contributed by atoms with Gasteiger partial charge in [0.25, 0.3) is 0 Å². The summed E-state index contributed by atoms with van der Waals surface area (Å²) in [5.74, 6) is 0. The zero-order valence-electron chi connectivity index (χ0n) is 12.9. The van der Waals surface area contributed by atoms with Crippen LogP contribution >= 0.6 is 0 Å². The molecule has 0 unspecified atom stereocenters. The highest BCUT2D eigenvalue weighted by Crippen LogP contribution is 2.34. The Balaban J connectivity index is 2.02. The predicted molar refractivity (Wildman–Crippen MR) is 97.7 cm³/mol. The molecule has 0 saturated carbocycles. The summed E-state index contributed by atoms with van der Waals surface area (Å²) < 4.78 is 0. The van der Waals surface area contributed by atoms with Crippen molar-refractivity contribution in [3.63, 3.8) is 0 Å². The van der Waals surface area contributed by atoms with Crippen LogP contribution in [0.2, 0.25) is 0 Å². The lowest BCUT2D eigenvalue weighted by Gasteiger charge is -2.14. The Morgan fingerprint density at radius 2 is 1.35 bits per heavy atom. The molecule has 0 atom stereocenters. The van der Waals surface area contributed by atoms with Crippen molar-refractivity contribution in [1.82, 2.24) is 0 Å². The average Bonchev–Trinajstić information content (AvgIpc) is 2.61. The lowest BCUT2D eigenvalue weighted by atomic mass is 9.91. The van der Waals surface area contributed by atoms with Crippen LogP contribution in [-0.2, 0) is 6.42 Å². The molecule has 1 nitrogen and oxygen atoms in total. The first-order valence-electron chi connectivity index (χ1n) is 7.97. The highest BCUT2D eigenvalue weighted by molar-refractivity contribution is 6.00. The van der Waals surface area contributed by atoms with Crippen LogP contribution in [0.25, 0.3) is 32.7 Å². The van der Waals surface area contributed by atoms with Gasteiger partial charge < -0.3 is 5.11 Å². The molecule has 1 N–H and O–H groups in total. The molecule has 23 heavy (non-hydrogen) atoms. The summed E-state index contributed by atoms with van der Waals surface area (Å²) in [5.41, 5.74) is 3.65. The molecule has 0 aliphatic rings. The second-order valence-electron chi connectivity index (χ2n) is 5.86. The summed E-state index contributed by atoms with van der Waals surface area (Å²) in [6, 6.07) is 27.8. The fourth-order valence-corrected chi connectivity index (χ4v) is 3.33. The fourth-order valence-electron chi connectivity index (χ4n) is 3.33. The van der Waals surface area contributed by atoms with Gasteiger partial charge in [0.05, 0.1) is 0 Å². The molecule has 4 aromatic carbocycles. The van der Waals surface area contributed by atoms with E-state index in [-0.39, 0.29) is 6.61 Å². The summed E-state index contributed by atoms with van der Waals surface area (Å²) in [7, 11) is 0. The number of aliphatic hydroxyl groups excluding tert-OH is 1. The third kappa shape index (κ3) is 2.49. The highest BCUT2D eigenvalue weighted by atomic mass is 16.2. The van der Waals surface area contributed by atoms with Crippen molar-refractivity contribution in [1.29, 1.82) is 0 Å². The third-order valence-electron chi connectivity index (χ3n) is 4.43. The molecule has 4 rings (SSSR count). The molecule has 0 aromatic heterocycles. The topological polar surface area (TPSA) is 20.2 Å². The average molecular weight is 298 g/mol. The van der Waals surface area contributed by atoms with E-state index < -0.39 is 0 Å². The number of hydrogen-bond acceptors (Lipinski definition) is 1. The molecule has 0 heterocycles. The maximum absolute atomic E-state index is 9.43. The first-order valence-corrected chi connectivity index (χ1v) is 7.97. The Morgan fingerprint density at radius 1 is 0.652 bits per heavy atom. The molecule has 0 fully saturated rings. The SMILES string of the molecule is OCCc1ccc2ccccc2c1-c1ccc2ccccc2c1. The van der Waals surface area contributed by atoms with E-state index in [1.807, 2.05) is 0 Å². The number of hydrogen-bond donors (Lipinski definition) is 1. The molecule has 0 radical (unpaired) electrons. The minimum atomic E-state index is 0.166. The van der Waals surface area contributed by atoms with Crippen molar-refractivity contribution >= 4 is 21.5 Å². The maximum atomic E-state index is 9.43. The molecule has 4 aromatic rings. The molecule has 0 aliphatic heterocycles. The summed E-state index contributed by atoms with van der Waals surface area (Å²) in [4.78, 5) is 0. The van der Waals surface area contributed by atoms with Gasteiger partial charge in [0, 0.05) is 6.61 Å². The lowest BCUT2D eigenvalue weighted by molar-refractivity contribution is 0.300. The van der Waals surface area contributed by atoms with Crippen LogP contribution < -0.4 is 0 Å². The van der Waals surface area contributed by atoms with Crippen LogP contribution in [-0.4, -0.2) is 11.7 Å². The maximum Gasteiger partial charge on any atom is 0.0471 e. The second kappa shape index (κ2) is 5.86. The van der Waals surface area contributed by atoms with E-state index in [0.29, 0.717) is 6.42 Å². The van der Waals surface area contributed by atoms with E-state index in [0.717, 1.165) is 0 Å². The first-order chi connectivity index (χ1) is 11.4. The van der Waals surface area contributed by atoms with Crippen LogP contribution in [0.3, 0.4) is 0 Å². The standard InChI is InChI=1S/C22H18O/c23-14-13-18-11-10-17-6-3-4-8-21(17)22(18)20-12-9-16-5-1-2-7-19(16)15-20/h1-12,15,23H,13-14H2. The Morgan fingerprint density at radius 3 is 2.17 bits per heavy atom. The predicted octanol–water partition coefficient (Wildman–Crippen LogP) is 5.19. The van der Waals surface area contributed by atoms with Crippen molar-refractivity contribution in [3.8, 4) is 11.1 Å². The lowest BCUT2D eigenvalue weighted by Crippen LogP contribution is -1.95. The second-order valence-corrected chi connectivity index (χ2v) is 5.86. The normalized spacial score (nSPS) is 11.2. The number of fused-ring (bicyclic) bond motifs is 2. The van der Waals surface area contributed by atoms with Crippen LogP contribution in [0.4, 0.5) is 0 Å². The van der Waals surface area contributed by atoms with Crippen molar-refractivity contribution < 1.29 is 5.11 Å². The summed E-state index contributed by atoms with van der Waals surface area (Å²) in [5, 5.41) is 14.4. The van der Waals surface area contributed by atoms with Crippen LogP contribution in [0.15, 0.2) is 78.9 Å². The third-order valence-corrected chi connectivity index (χ3v) is 4.43. The van der Waals surface area contributed by atoms with Gasteiger partial charge in [-0.3, -0.25) is 0 Å². The summed E-state index contributed by atoms with van der Waals surface area (Å²) in [6.07, 6.45) is 0.674. The molecule has 0 bridgehead atoms. The molecule has 0 spiro atoms. The molecule has 0 aliphatic carbocycles. The van der Waals surface area contributed by atoms with Gasteiger partial charge in [-0.15, -0.1) is 0 Å². The Labute approximate surface area is 135 Å². The largest absolute Gasteiger partial charge is 0.396 e. The van der Waals surface area contributed by atoms with Gasteiger partial charge in [0.15, 0.2) is 0 Å². The van der Waals surface area contributed by atoms with E-state index in [9.17, 15) is 5.11 Å². The smallest absolute Gasteiger partial charge is 0.0471 e. The van der Waals surface area contributed by atoms with Crippen molar-refractivity contribution in [3.05, 3.63) is 84.4 Å². The minimum absolute atomic E-state index is 0.166. The van der Waals surface area contributed by atoms with E-state index in [4.69, 9.17) is 0 Å². The van der Waals surface area contributed by atoms with Crippen LogP contribution in [0.5, 0.6) is 0 Å². The quantitative estimate of drug-likeness (QED) is 0.551. The molecular formula is C22H18O. The van der Waals surface area contributed by atoms with E-state index in [2.05, 4.69) is 78.9 Å². The van der Waals surface area contributed by atoms with Gasteiger partial charge in [0.1, 0.15) is 0 Å². The van der Waals surface area contributed by atoms with E-state index in [1.165, 1.54) is 38.2 Å². The molecule has 0 amide bonds. The monoisotopic (exact) mass is 298 g/mol. The van der Waals surface area contributed by atoms with Gasteiger partial charge in [-0.1, -0.05) is 72.8 Å². The molecular weight excluding hydrogens is 280 g/mol. The molecule has 112 valence electrons. The van der Waals surface area contributed by atoms with Gasteiger partial charge in [-0.25, -0.2) is 0 Å². The number of benzene rings is 4. The molecule has 1 heteroatoms. The van der Waals surface area contributed by atoms with Crippen LogP contribution in [0, 0.1) is 0 Å². The zero-order chi connectivity index (χ0) is 15.6. The number of aliphatic hydroxyl groups is 1. The minimum Gasteiger partial charge on any atom is -0.396 e. The van der Waals surface area contributed by atoms with Gasteiger partial charge in [-0.05, 0) is 50.7 Å². The Hall–Kier alpha value is -2.64. The van der Waals surface area contributed by atoms with Crippen molar-refractivity contribution in [2.75, 3.05) is 6.61 Å². The van der Waals surface area contributed by atoms with Gasteiger partial charge in [-0.2, -0.15) is 0 Å². The van der Waals surface area contributed by atoms with E-state index in [1.54, 1.807) is 0 Å². The van der Waals surface area contributed by atoms with Crippen LogP contribution in [0.1, 0.15) is 5.56 Å². The summed E-state index contributed by atoms with van der Waals surface area (Å²) >= 11 is 0. The fraction of sp³-hybridized carbons (Fsp3) is 0.0909. The summed E-state index contributed by atoms with van der Waals surface area (Å²) in [6.45, 7) is 0.166. The Kier molecular flexibility index (Phi) is 3.57. The van der Waals surface area contributed by atoms with E-state index >= 15 is 0 Å². The first kappa shape index (κ1) is 14.0.